The molecule has 0 aromatic carbocycles. The number of halogens is 2. The van der Waals surface area contributed by atoms with E-state index in [0.717, 1.165) is 19.3 Å². The minimum atomic E-state index is -2.31. The third kappa shape index (κ3) is 6.22. The minimum absolute atomic E-state index is 0.0734. The first-order chi connectivity index (χ1) is 10.9. The lowest BCUT2D eigenvalue weighted by Gasteiger charge is -2.32. The van der Waals surface area contributed by atoms with Crippen molar-refractivity contribution in [2.75, 3.05) is 39.3 Å². The molecule has 2 amide bonds. The number of alkyl halides is 2. The fraction of sp³-hybridized carbons (Fsp3) is 0.938. The van der Waals surface area contributed by atoms with Gasteiger partial charge in [0.15, 0.2) is 0 Å². The third-order valence-electron chi connectivity index (χ3n) is 4.61. The maximum atomic E-state index is 12.5. The van der Waals surface area contributed by atoms with Crippen LogP contribution >= 0.6 is 0 Å². The molecule has 2 unspecified atom stereocenters. The second-order valence-electron chi connectivity index (χ2n) is 6.81. The second-order valence-corrected chi connectivity index (χ2v) is 6.81. The molecule has 2 heterocycles. The number of rotatable bonds is 4. The highest BCUT2D eigenvalue weighted by Gasteiger charge is 2.26. The van der Waals surface area contributed by atoms with Gasteiger partial charge in [-0.1, -0.05) is 0 Å². The number of hydrogen-bond acceptors (Lipinski definition) is 3. The molecule has 0 spiro atoms. The average molecular weight is 333 g/mol. The van der Waals surface area contributed by atoms with Crippen molar-refractivity contribution in [3.05, 3.63) is 0 Å². The molecule has 0 saturated carbocycles. The van der Waals surface area contributed by atoms with E-state index in [2.05, 4.69) is 19.2 Å². The van der Waals surface area contributed by atoms with Gasteiger partial charge < -0.3 is 15.0 Å². The maximum absolute atomic E-state index is 12.5. The molecule has 0 radical (unpaired) electrons. The summed E-state index contributed by atoms with van der Waals surface area (Å²) in [6.07, 6.45) is 0.835. The van der Waals surface area contributed by atoms with Gasteiger partial charge in [0.05, 0.1) is 18.8 Å². The van der Waals surface area contributed by atoms with E-state index in [0.29, 0.717) is 38.6 Å². The Kier molecular flexibility index (Phi) is 7.02. The predicted octanol–water partition coefficient (Wildman–Crippen LogP) is 2.17. The fourth-order valence-electron chi connectivity index (χ4n) is 3.60. The Hall–Kier alpha value is -0.950. The average Bonchev–Trinajstić information content (AvgIpc) is 2.69. The van der Waals surface area contributed by atoms with Gasteiger partial charge in [0, 0.05) is 32.7 Å². The molecular formula is C16H29F2N3O2. The molecule has 2 atom stereocenters. The van der Waals surface area contributed by atoms with Gasteiger partial charge in [-0.2, -0.15) is 0 Å². The molecule has 0 aliphatic carbocycles. The zero-order valence-corrected chi connectivity index (χ0v) is 14.1. The number of hydrogen-bond donors (Lipinski definition) is 1. The van der Waals surface area contributed by atoms with Crippen molar-refractivity contribution in [2.24, 2.45) is 5.92 Å². The number of amides is 2. The van der Waals surface area contributed by atoms with E-state index in [1.165, 1.54) is 0 Å². The van der Waals surface area contributed by atoms with Crippen LogP contribution < -0.4 is 5.32 Å². The topological polar surface area (TPSA) is 44.8 Å². The van der Waals surface area contributed by atoms with Crippen molar-refractivity contribution in [1.82, 2.24) is 15.1 Å². The maximum Gasteiger partial charge on any atom is 0.317 e. The Morgan fingerprint density at radius 2 is 1.87 bits per heavy atom. The van der Waals surface area contributed by atoms with E-state index in [4.69, 9.17) is 4.74 Å². The van der Waals surface area contributed by atoms with Crippen LogP contribution in [0.15, 0.2) is 0 Å². The molecule has 0 aromatic heterocycles. The standard InChI is InChI=1S/C16H29F2N3O2/c1-12-8-14(9-13(2)23-12)10-19-16(22)21-5-3-4-20(6-7-21)11-15(17)18/h12-15H,3-11H2,1-2H3,(H,19,22). The molecule has 23 heavy (non-hydrogen) atoms. The van der Waals surface area contributed by atoms with Crippen molar-refractivity contribution in [3.8, 4) is 0 Å². The Morgan fingerprint density at radius 3 is 2.52 bits per heavy atom. The largest absolute Gasteiger partial charge is 0.376 e. The van der Waals surface area contributed by atoms with Gasteiger partial charge >= 0.3 is 6.03 Å². The van der Waals surface area contributed by atoms with Crippen LogP contribution in [0.25, 0.3) is 0 Å². The Balaban J connectivity index is 1.73. The van der Waals surface area contributed by atoms with Gasteiger partial charge in [0.25, 0.3) is 6.43 Å². The van der Waals surface area contributed by atoms with Crippen LogP contribution in [0.4, 0.5) is 13.6 Å². The van der Waals surface area contributed by atoms with E-state index in [1.807, 2.05) is 0 Å². The first kappa shape index (κ1) is 18.4. The summed E-state index contributed by atoms with van der Waals surface area (Å²) in [4.78, 5) is 15.8. The number of nitrogens with one attached hydrogen (secondary N) is 1. The minimum Gasteiger partial charge on any atom is -0.376 e. The summed E-state index contributed by atoms with van der Waals surface area (Å²) < 4.78 is 30.6. The number of nitrogens with zero attached hydrogens (tertiary/aromatic N) is 2. The molecule has 0 bridgehead atoms. The number of carbonyl (C=O) groups excluding carboxylic acids is 1. The Labute approximate surface area is 137 Å². The van der Waals surface area contributed by atoms with Gasteiger partial charge in [-0.15, -0.1) is 0 Å². The first-order valence-electron chi connectivity index (χ1n) is 8.62. The van der Waals surface area contributed by atoms with E-state index in [-0.39, 0.29) is 24.8 Å². The van der Waals surface area contributed by atoms with E-state index in [1.54, 1.807) is 9.80 Å². The molecule has 2 saturated heterocycles. The summed E-state index contributed by atoms with van der Waals surface area (Å²) in [5.41, 5.74) is 0. The molecule has 7 heteroatoms. The second kappa shape index (κ2) is 8.78. The normalized spacial score (nSPS) is 30.3. The van der Waals surface area contributed by atoms with Crippen LogP contribution in [-0.4, -0.2) is 73.7 Å². The SMILES string of the molecule is CC1CC(CNC(=O)N2CCCN(CC(F)F)CC2)CC(C)O1. The smallest absolute Gasteiger partial charge is 0.317 e. The van der Waals surface area contributed by atoms with Gasteiger partial charge in [-0.05, 0) is 39.0 Å². The van der Waals surface area contributed by atoms with E-state index in [9.17, 15) is 13.6 Å². The summed E-state index contributed by atoms with van der Waals surface area (Å²) in [7, 11) is 0. The lowest BCUT2D eigenvalue weighted by atomic mass is 9.92. The van der Waals surface area contributed by atoms with Crippen LogP contribution in [0, 0.1) is 5.92 Å². The van der Waals surface area contributed by atoms with Crippen molar-refractivity contribution in [1.29, 1.82) is 0 Å². The Morgan fingerprint density at radius 1 is 1.17 bits per heavy atom. The van der Waals surface area contributed by atoms with Crippen LogP contribution in [0.1, 0.15) is 33.1 Å². The summed E-state index contributed by atoms with van der Waals surface area (Å²) in [5, 5.41) is 3.01. The summed E-state index contributed by atoms with van der Waals surface area (Å²) in [6, 6.07) is -0.0734. The molecular weight excluding hydrogens is 304 g/mol. The zero-order valence-electron chi connectivity index (χ0n) is 14.1. The quantitative estimate of drug-likeness (QED) is 0.858. The third-order valence-corrected chi connectivity index (χ3v) is 4.61. The van der Waals surface area contributed by atoms with Crippen molar-refractivity contribution in [2.45, 2.75) is 51.7 Å². The zero-order chi connectivity index (χ0) is 16.8. The van der Waals surface area contributed by atoms with Crippen molar-refractivity contribution in [3.63, 3.8) is 0 Å². The van der Waals surface area contributed by atoms with Gasteiger partial charge in [-0.3, -0.25) is 4.90 Å². The fourth-order valence-corrected chi connectivity index (χ4v) is 3.60. The number of ether oxygens (including phenoxy) is 1. The van der Waals surface area contributed by atoms with Gasteiger partial charge in [0.2, 0.25) is 0 Å². The van der Waals surface area contributed by atoms with Gasteiger partial charge in [0.1, 0.15) is 0 Å². The molecule has 2 rings (SSSR count). The highest BCUT2D eigenvalue weighted by Crippen LogP contribution is 2.24. The van der Waals surface area contributed by atoms with Crippen LogP contribution in [0.3, 0.4) is 0 Å². The van der Waals surface area contributed by atoms with E-state index >= 15 is 0 Å². The molecule has 134 valence electrons. The predicted molar refractivity (Wildman–Crippen MR) is 84.8 cm³/mol. The molecule has 1 N–H and O–H groups in total. The molecule has 2 fully saturated rings. The van der Waals surface area contributed by atoms with E-state index < -0.39 is 6.43 Å². The van der Waals surface area contributed by atoms with Crippen molar-refractivity contribution < 1.29 is 18.3 Å². The first-order valence-corrected chi connectivity index (χ1v) is 8.62. The summed E-state index contributed by atoms with van der Waals surface area (Å²) in [6.45, 7) is 6.88. The van der Waals surface area contributed by atoms with Crippen molar-refractivity contribution >= 4 is 6.03 Å². The molecule has 5 nitrogen and oxygen atoms in total. The highest BCUT2D eigenvalue weighted by molar-refractivity contribution is 5.74. The number of carbonyl (C=O) groups is 1. The van der Waals surface area contributed by atoms with Crippen LogP contribution in [0.5, 0.6) is 0 Å². The Bertz CT molecular complexity index is 374. The summed E-state index contributed by atoms with van der Waals surface area (Å²) >= 11 is 0. The number of urea groups is 1. The molecule has 0 aromatic rings. The van der Waals surface area contributed by atoms with Gasteiger partial charge in [-0.25, -0.2) is 13.6 Å². The van der Waals surface area contributed by atoms with Crippen LogP contribution in [0.2, 0.25) is 0 Å². The monoisotopic (exact) mass is 333 g/mol. The molecule has 2 aliphatic rings. The lowest BCUT2D eigenvalue weighted by Crippen LogP contribution is -2.45. The molecule has 2 aliphatic heterocycles. The summed E-state index contributed by atoms with van der Waals surface area (Å²) in [5.74, 6) is 0.444. The highest BCUT2D eigenvalue weighted by atomic mass is 19.3. The van der Waals surface area contributed by atoms with Crippen LogP contribution in [-0.2, 0) is 4.74 Å². The lowest BCUT2D eigenvalue weighted by molar-refractivity contribution is -0.0512.